The van der Waals surface area contributed by atoms with Crippen LogP contribution in [0.3, 0.4) is 0 Å². The molecule has 0 aliphatic carbocycles. The average molecular weight is 171 g/mol. The van der Waals surface area contributed by atoms with Crippen LogP contribution in [0.1, 0.15) is 0 Å². The van der Waals surface area contributed by atoms with E-state index in [2.05, 4.69) is 15.6 Å². The molecule has 1 unspecified atom stereocenters. The fourth-order valence-corrected chi connectivity index (χ4v) is 0.752. The van der Waals surface area contributed by atoms with Crippen LogP contribution in [-0.4, -0.2) is 13.7 Å². The maximum absolute atomic E-state index is 10.6. The minimum atomic E-state index is -3.29. The van der Waals surface area contributed by atoms with Crippen LogP contribution in [0.15, 0.2) is 12.7 Å². The molecule has 0 saturated carbocycles. The first-order valence-corrected chi connectivity index (χ1v) is 4.68. The quantitative estimate of drug-likeness (QED) is 0.479. The van der Waals surface area contributed by atoms with E-state index < -0.39 is 6.95 Å². The number of hydrogen-bond acceptors (Lipinski definition) is 3. The van der Waals surface area contributed by atoms with Crippen molar-refractivity contribution in [2.75, 3.05) is 13.7 Å². The molecule has 0 aliphatic rings. The number of halogens is 1. The van der Waals surface area contributed by atoms with Gasteiger partial charge in [0.15, 0.2) is 0 Å². The standard InChI is InChI=1S/C4H8ClO3P/c1-3-4-8-9(5,6)7-2/h3H,1,4H2,2H3. The Morgan fingerprint density at radius 3 is 2.78 bits per heavy atom. The van der Waals surface area contributed by atoms with Gasteiger partial charge >= 0.3 is 6.95 Å². The second-order valence-corrected chi connectivity index (χ2v) is 3.92. The van der Waals surface area contributed by atoms with Gasteiger partial charge in [-0.15, -0.1) is 6.58 Å². The highest BCUT2D eigenvalue weighted by molar-refractivity contribution is 7.81. The predicted molar refractivity (Wildman–Crippen MR) is 36.6 cm³/mol. The van der Waals surface area contributed by atoms with Gasteiger partial charge in [0.2, 0.25) is 0 Å². The fraction of sp³-hybridized carbons (Fsp3) is 0.500. The lowest BCUT2D eigenvalue weighted by Crippen LogP contribution is -1.85. The summed E-state index contributed by atoms with van der Waals surface area (Å²) in [5.74, 6) is 0. The lowest BCUT2D eigenvalue weighted by molar-refractivity contribution is 0.271. The van der Waals surface area contributed by atoms with Gasteiger partial charge in [-0.1, -0.05) is 6.08 Å². The topological polar surface area (TPSA) is 35.5 Å². The number of hydrogen-bond donors (Lipinski definition) is 0. The van der Waals surface area contributed by atoms with Crippen LogP contribution in [0.2, 0.25) is 0 Å². The molecule has 0 aromatic carbocycles. The largest absolute Gasteiger partial charge is 0.424 e. The van der Waals surface area contributed by atoms with Crippen molar-refractivity contribution in [1.29, 1.82) is 0 Å². The summed E-state index contributed by atoms with van der Waals surface area (Å²) in [7, 11) is 1.22. The maximum atomic E-state index is 10.6. The van der Waals surface area contributed by atoms with Crippen molar-refractivity contribution >= 4 is 18.2 Å². The minimum absolute atomic E-state index is 0.134. The van der Waals surface area contributed by atoms with Crippen molar-refractivity contribution in [2.45, 2.75) is 0 Å². The van der Waals surface area contributed by atoms with Crippen LogP contribution in [0, 0.1) is 0 Å². The molecule has 1 atom stereocenters. The van der Waals surface area contributed by atoms with Gasteiger partial charge in [0.25, 0.3) is 0 Å². The highest BCUT2D eigenvalue weighted by Gasteiger charge is 2.16. The van der Waals surface area contributed by atoms with E-state index in [4.69, 9.17) is 11.2 Å². The minimum Gasteiger partial charge on any atom is -0.300 e. The maximum Gasteiger partial charge on any atom is 0.424 e. The molecule has 54 valence electrons. The van der Waals surface area contributed by atoms with Crippen LogP contribution < -0.4 is 0 Å². The van der Waals surface area contributed by atoms with E-state index in [1.165, 1.54) is 13.2 Å². The summed E-state index contributed by atoms with van der Waals surface area (Å²) < 4.78 is 19.4. The summed E-state index contributed by atoms with van der Waals surface area (Å²) >= 11 is 5.16. The molecule has 0 rings (SSSR count). The van der Waals surface area contributed by atoms with Crippen molar-refractivity contribution in [3.63, 3.8) is 0 Å². The van der Waals surface area contributed by atoms with Gasteiger partial charge in [0.05, 0.1) is 6.61 Å². The van der Waals surface area contributed by atoms with Crippen molar-refractivity contribution in [3.8, 4) is 0 Å². The lowest BCUT2D eigenvalue weighted by atomic mass is 10.7. The summed E-state index contributed by atoms with van der Waals surface area (Å²) in [4.78, 5) is 0. The average Bonchev–Trinajstić information content (AvgIpc) is 1.84. The van der Waals surface area contributed by atoms with Gasteiger partial charge in [-0.05, 0) is 0 Å². The molecule has 3 nitrogen and oxygen atoms in total. The van der Waals surface area contributed by atoms with Gasteiger partial charge in [-0.3, -0.25) is 4.52 Å². The summed E-state index contributed by atoms with van der Waals surface area (Å²) in [6, 6.07) is 0. The van der Waals surface area contributed by atoms with Crippen molar-refractivity contribution < 1.29 is 13.6 Å². The van der Waals surface area contributed by atoms with E-state index in [0.29, 0.717) is 0 Å². The van der Waals surface area contributed by atoms with Gasteiger partial charge in [0.1, 0.15) is 0 Å². The van der Waals surface area contributed by atoms with Crippen LogP contribution in [0.4, 0.5) is 0 Å². The first kappa shape index (κ1) is 9.18. The van der Waals surface area contributed by atoms with E-state index >= 15 is 0 Å². The monoisotopic (exact) mass is 170 g/mol. The molecule has 0 saturated heterocycles. The third kappa shape index (κ3) is 4.67. The Labute approximate surface area is 58.9 Å². The molecule has 0 fully saturated rings. The Morgan fingerprint density at radius 2 is 2.44 bits per heavy atom. The van der Waals surface area contributed by atoms with Crippen molar-refractivity contribution in [2.24, 2.45) is 0 Å². The SMILES string of the molecule is C=CCOP(=O)(Cl)OC. The molecule has 9 heavy (non-hydrogen) atoms. The van der Waals surface area contributed by atoms with Crippen LogP contribution in [-0.2, 0) is 13.6 Å². The summed E-state index contributed by atoms with van der Waals surface area (Å²) in [6.07, 6.45) is 1.44. The van der Waals surface area contributed by atoms with E-state index in [1.807, 2.05) is 0 Å². The molecule has 0 aromatic heterocycles. The molecule has 0 heterocycles. The number of rotatable bonds is 4. The highest BCUT2D eigenvalue weighted by atomic mass is 35.7. The highest BCUT2D eigenvalue weighted by Crippen LogP contribution is 2.52. The fourth-order valence-electron chi connectivity index (χ4n) is 0.194. The van der Waals surface area contributed by atoms with Crippen molar-refractivity contribution in [1.82, 2.24) is 0 Å². The first-order chi connectivity index (χ1) is 4.12. The van der Waals surface area contributed by atoms with Gasteiger partial charge in [-0.25, -0.2) is 4.57 Å². The molecule has 0 spiro atoms. The zero-order chi connectivity index (χ0) is 7.33. The Bertz CT molecular complexity index is 136. The summed E-state index contributed by atoms with van der Waals surface area (Å²) in [5.41, 5.74) is 0. The van der Waals surface area contributed by atoms with E-state index in [0.717, 1.165) is 0 Å². The molecule has 5 heteroatoms. The third-order valence-corrected chi connectivity index (χ3v) is 2.17. The van der Waals surface area contributed by atoms with Gasteiger partial charge < -0.3 is 4.52 Å². The van der Waals surface area contributed by atoms with Gasteiger partial charge in [0, 0.05) is 18.4 Å². The van der Waals surface area contributed by atoms with Gasteiger partial charge in [-0.2, -0.15) is 0 Å². The van der Waals surface area contributed by atoms with Crippen LogP contribution in [0.25, 0.3) is 0 Å². The van der Waals surface area contributed by atoms with Crippen molar-refractivity contribution in [3.05, 3.63) is 12.7 Å². The normalized spacial score (nSPS) is 16.7. The molecule has 0 aromatic rings. The Hall–Kier alpha value is 0.180. The van der Waals surface area contributed by atoms with E-state index in [1.54, 1.807) is 0 Å². The molecule has 0 aliphatic heterocycles. The second kappa shape index (κ2) is 4.07. The molecule has 0 amide bonds. The summed E-state index contributed by atoms with van der Waals surface area (Å²) in [5, 5.41) is 0. The third-order valence-electron chi connectivity index (χ3n) is 0.565. The molecule has 0 bridgehead atoms. The molecule has 0 radical (unpaired) electrons. The Kier molecular flexibility index (Phi) is 4.15. The lowest BCUT2D eigenvalue weighted by Gasteiger charge is -2.04. The molecular formula is C4H8ClO3P. The van der Waals surface area contributed by atoms with Crippen LogP contribution >= 0.6 is 18.2 Å². The van der Waals surface area contributed by atoms with E-state index in [9.17, 15) is 4.57 Å². The summed E-state index contributed by atoms with van der Waals surface area (Å²) in [6.45, 7) is 0.182. The molecular weight excluding hydrogens is 162 g/mol. The first-order valence-electron chi connectivity index (χ1n) is 2.23. The Morgan fingerprint density at radius 1 is 1.89 bits per heavy atom. The predicted octanol–water partition coefficient (Wildman–Crippen LogP) is 2.18. The van der Waals surface area contributed by atoms with Crippen LogP contribution in [0.5, 0.6) is 0 Å². The zero-order valence-corrected chi connectivity index (χ0v) is 6.69. The second-order valence-electron chi connectivity index (χ2n) is 1.20. The zero-order valence-electron chi connectivity index (χ0n) is 5.04. The Balaban J connectivity index is 3.58. The molecule has 0 N–H and O–H groups in total. The van der Waals surface area contributed by atoms with E-state index in [-0.39, 0.29) is 6.61 Å². The smallest absolute Gasteiger partial charge is 0.300 e.